The summed E-state index contributed by atoms with van der Waals surface area (Å²) in [5.41, 5.74) is 5.72. The molecule has 0 aromatic heterocycles. The normalized spacial score (nSPS) is 24.2. The Hall–Kier alpha value is -0.650. The highest BCUT2D eigenvalue weighted by atomic mass is 16.5. The van der Waals surface area contributed by atoms with Crippen molar-refractivity contribution in [2.24, 2.45) is 11.7 Å². The van der Waals surface area contributed by atoms with Gasteiger partial charge in [0.15, 0.2) is 0 Å². The molecule has 0 radical (unpaired) electrons. The standard InChI is InChI=1S/C11H23N3O2/c1-14(7-9-5-10(12)6-9)8-11(15)13-3-4-16-2/h9-10H,3-8,12H2,1-2H3,(H,13,15). The third kappa shape index (κ3) is 4.92. The summed E-state index contributed by atoms with van der Waals surface area (Å²) in [6.45, 7) is 2.56. The maximum absolute atomic E-state index is 11.4. The van der Waals surface area contributed by atoms with Crippen LogP contribution in [0.2, 0.25) is 0 Å². The quantitative estimate of drug-likeness (QED) is 0.573. The minimum Gasteiger partial charge on any atom is -0.383 e. The van der Waals surface area contributed by atoms with E-state index in [1.165, 1.54) is 0 Å². The molecule has 0 heterocycles. The number of carbonyl (C=O) groups is 1. The predicted octanol–water partition coefficient (Wildman–Crippen LogP) is -0.582. The van der Waals surface area contributed by atoms with E-state index in [0.29, 0.717) is 31.7 Å². The van der Waals surface area contributed by atoms with Crippen molar-refractivity contribution < 1.29 is 9.53 Å². The lowest BCUT2D eigenvalue weighted by atomic mass is 9.81. The molecule has 1 rings (SSSR count). The lowest BCUT2D eigenvalue weighted by Gasteiger charge is -2.35. The van der Waals surface area contributed by atoms with Crippen molar-refractivity contribution >= 4 is 5.91 Å². The van der Waals surface area contributed by atoms with Crippen LogP contribution in [0.5, 0.6) is 0 Å². The van der Waals surface area contributed by atoms with Crippen molar-refractivity contribution in [3.05, 3.63) is 0 Å². The van der Waals surface area contributed by atoms with Gasteiger partial charge in [-0.05, 0) is 25.8 Å². The summed E-state index contributed by atoms with van der Waals surface area (Å²) in [5, 5.41) is 2.80. The highest BCUT2D eigenvalue weighted by Crippen LogP contribution is 2.25. The number of nitrogens with zero attached hydrogens (tertiary/aromatic N) is 1. The fourth-order valence-electron chi connectivity index (χ4n) is 2.04. The molecule has 0 spiro atoms. The Bertz CT molecular complexity index is 217. The summed E-state index contributed by atoms with van der Waals surface area (Å²) in [7, 11) is 3.60. The number of hydrogen-bond donors (Lipinski definition) is 2. The molecule has 1 fully saturated rings. The van der Waals surface area contributed by atoms with Gasteiger partial charge in [0.05, 0.1) is 13.2 Å². The minimum atomic E-state index is 0.0585. The molecule has 16 heavy (non-hydrogen) atoms. The fraction of sp³-hybridized carbons (Fsp3) is 0.909. The second kappa shape index (κ2) is 6.83. The number of methoxy groups -OCH3 is 1. The number of likely N-dealkylation sites (N-methyl/N-ethyl adjacent to an activating group) is 1. The van der Waals surface area contributed by atoms with Crippen LogP contribution in [0.1, 0.15) is 12.8 Å². The third-order valence-electron chi connectivity index (χ3n) is 2.88. The van der Waals surface area contributed by atoms with Gasteiger partial charge in [-0.2, -0.15) is 0 Å². The van der Waals surface area contributed by atoms with Crippen molar-refractivity contribution in [1.82, 2.24) is 10.2 Å². The highest BCUT2D eigenvalue weighted by Gasteiger charge is 2.26. The summed E-state index contributed by atoms with van der Waals surface area (Å²) in [6.07, 6.45) is 2.19. The first kappa shape index (κ1) is 13.4. The van der Waals surface area contributed by atoms with Gasteiger partial charge in [0.1, 0.15) is 0 Å². The van der Waals surface area contributed by atoms with Gasteiger partial charge in [0.25, 0.3) is 0 Å². The van der Waals surface area contributed by atoms with E-state index in [9.17, 15) is 4.79 Å². The van der Waals surface area contributed by atoms with E-state index < -0.39 is 0 Å². The fourth-order valence-corrected chi connectivity index (χ4v) is 2.04. The van der Waals surface area contributed by atoms with E-state index in [0.717, 1.165) is 19.4 Å². The Kier molecular flexibility index (Phi) is 5.73. The molecular formula is C11H23N3O2. The summed E-state index contributed by atoms with van der Waals surface area (Å²) >= 11 is 0. The van der Waals surface area contributed by atoms with Crippen LogP contribution in [0.25, 0.3) is 0 Å². The molecule has 1 aliphatic carbocycles. The summed E-state index contributed by atoms with van der Waals surface area (Å²) in [4.78, 5) is 13.5. The van der Waals surface area contributed by atoms with Crippen LogP contribution in [-0.4, -0.2) is 57.2 Å². The van der Waals surface area contributed by atoms with Crippen molar-refractivity contribution in [3.63, 3.8) is 0 Å². The molecule has 5 nitrogen and oxygen atoms in total. The molecule has 5 heteroatoms. The van der Waals surface area contributed by atoms with Crippen LogP contribution in [0.3, 0.4) is 0 Å². The average molecular weight is 229 g/mol. The molecule has 1 saturated carbocycles. The predicted molar refractivity (Wildman–Crippen MR) is 63.1 cm³/mol. The molecule has 0 unspecified atom stereocenters. The number of carbonyl (C=O) groups excluding carboxylic acids is 1. The molecule has 94 valence electrons. The maximum atomic E-state index is 11.4. The van der Waals surface area contributed by atoms with Gasteiger partial charge in [0, 0.05) is 26.2 Å². The molecule has 0 aromatic rings. The van der Waals surface area contributed by atoms with Crippen LogP contribution in [0.15, 0.2) is 0 Å². The zero-order chi connectivity index (χ0) is 12.0. The van der Waals surface area contributed by atoms with Crippen molar-refractivity contribution in [3.8, 4) is 0 Å². The monoisotopic (exact) mass is 229 g/mol. The van der Waals surface area contributed by atoms with Crippen LogP contribution in [0, 0.1) is 5.92 Å². The zero-order valence-corrected chi connectivity index (χ0v) is 10.2. The van der Waals surface area contributed by atoms with Crippen LogP contribution < -0.4 is 11.1 Å². The molecule has 3 N–H and O–H groups in total. The molecular weight excluding hydrogens is 206 g/mol. The van der Waals surface area contributed by atoms with E-state index in [1.54, 1.807) is 7.11 Å². The van der Waals surface area contributed by atoms with Crippen LogP contribution >= 0.6 is 0 Å². The lowest BCUT2D eigenvalue weighted by molar-refractivity contribution is -0.122. The second-order valence-corrected chi connectivity index (χ2v) is 4.64. The molecule has 0 bridgehead atoms. The SMILES string of the molecule is COCCNC(=O)CN(C)CC1CC(N)C1. The number of rotatable bonds is 7. The van der Waals surface area contributed by atoms with Crippen LogP contribution in [-0.2, 0) is 9.53 Å². The summed E-state index contributed by atoms with van der Waals surface area (Å²) < 4.78 is 4.86. The van der Waals surface area contributed by atoms with Crippen LogP contribution in [0.4, 0.5) is 0 Å². The minimum absolute atomic E-state index is 0.0585. The number of ether oxygens (including phenoxy) is 1. The highest BCUT2D eigenvalue weighted by molar-refractivity contribution is 5.77. The Balaban J connectivity index is 2.04. The van der Waals surface area contributed by atoms with Gasteiger partial charge < -0.3 is 15.8 Å². The van der Waals surface area contributed by atoms with E-state index in [-0.39, 0.29) is 5.91 Å². The van der Waals surface area contributed by atoms with E-state index in [2.05, 4.69) is 10.2 Å². The third-order valence-corrected chi connectivity index (χ3v) is 2.88. The van der Waals surface area contributed by atoms with Gasteiger partial charge in [-0.3, -0.25) is 9.69 Å². The van der Waals surface area contributed by atoms with Crippen molar-refractivity contribution in [2.45, 2.75) is 18.9 Å². The Morgan fingerprint density at radius 2 is 2.25 bits per heavy atom. The van der Waals surface area contributed by atoms with Gasteiger partial charge in [0.2, 0.25) is 5.91 Å². The van der Waals surface area contributed by atoms with Gasteiger partial charge in [-0.1, -0.05) is 0 Å². The molecule has 1 amide bonds. The van der Waals surface area contributed by atoms with Gasteiger partial charge in [-0.15, -0.1) is 0 Å². The number of nitrogens with one attached hydrogen (secondary N) is 1. The lowest BCUT2D eigenvalue weighted by Crippen LogP contribution is -2.44. The average Bonchev–Trinajstić information content (AvgIpc) is 2.15. The Labute approximate surface area is 97.3 Å². The smallest absolute Gasteiger partial charge is 0.234 e. The number of hydrogen-bond acceptors (Lipinski definition) is 4. The maximum Gasteiger partial charge on any atom is 0.234 e. The first-order chi connectivity index (χ1) is 7.61. The second-order valence-electron chi connectivity index (χ2n) is 4.64. The topological polar surface area (TPSA) is 67.6 Å². The molecule has 1 aliphatic rings. The molecule has 0 aromatic carbocycles. The largest absolute Gasteiger partial charge is 0.383 e. The zero-order valence-electron chi connectivity index (χ0n) is 10.2. The first-order valence-electron chi connectivity index (χ1n) is 5.81. The number of nitrogens with two attached hydrogens (primary N) is 1. The van der Waals surface area contributed by atoms with Gasteiger partial charge in [-0.25, -0.2) is 0 Å². The van der Waals surface area contributed by atoms with Crippen molar-refractivity contribution in [1.29, 1.82) is 0 Å². The molecule has 0 atom stereocenters. The summed E-state index contributed by atoms with van der Waals surface area (Å²) in [5.74, 6) is 0.731. The van der Waals surface area contributed by atoms with E-state index in [1.807, 2.05) is 7.05 Å². The number of amides is 1. The van der Waals surface area contributed by atoms with Crippen molar-refractivity contribution in [2.75, 3.05) is 40.4 Å². The molecule has 0 aliphatic heterocycles. The van der Waals surface area contributed by atoms with E-state index in [4.69, 9.17) is 10.5 Å². The Morgan fingerprint density at radius 3 is 2.81 bits per heavy atom. The first-order valence-corrected chi connectivity index (χ1v) is 5.81. The summed E-state index contributed by atoms with van der Waals surface area (Å²) in [6, 6.07) is 0.383. The van der Waals surface area contributed by atoms with Gasteiger partial charge >= 0.3 is 0 Å². The Morgan fingerprint density at radius 1 is 1.56 bits per heavy atom. The molecule has 0 saturated heterocycles. The van der Waals surface area contributed by atoms with E-state index >= 15 is 0 Å².